The molecule has 0 unspecified atom stereocenters. The number of fused-ring (bicyclic) bond motifs is 1. The highest BCUT2D eigenvalue weighted by Crippen LogP contribution is 2.33. The number of aryl methyl sites for hydroxylation is 1. The lowest BCUT2D eigenvalue weighted by molar-refractivity contribution is -0.114. The van der Waals surface area contributed by atoms with Crippen LogP contribution in [0.5, 0.6) is 0 Å². The molecule has 1 amide bonds. The highest BCUT2D eigenvalue weighted by molar-refractivity contribution is 8.26. The van der Waals surface area contributed by atoms with E-state index < -0.39 is 5.91 Å². The van der Waals surface area contributed by atoms with E-state index in [0.29, 0.717) is 21.1 Å². The number of aromatic nitrogens is 1. The number of hydrazone groups is 1. The van der Waals surface area contributed by atoms with E-state index in [1.165, 1.54) is 16.8 Å². The summed E-state index contributed by atoms with van der Waals surface area (Å²) < 4.78 is 1.98. The molecule has 31 heavy (non-hydrogen) atoms. The molecule has 1 N–H and O–H groups in total. The largest absolute Gasteiger partial charge is 0.316 e. The molecule has 2 aromatic rings. The van der Waals surface area contributed by atoms with Crippen LogP contribution in [0.25, 0.3) is 11.8 Å². The Morgan fingerprint density at radius 1 is 1.23 bits per heavy atom. The molecule has 0 aliphatic carbocycles. The van der Waals surface area contributed by atoms with E-state index in [-0.39, 0.29) is 11.4 Å². The number of amides is 1. The normalized spacial score (nSPS) is 17.5. The Balaban J connectivity index is 1.73. The molecule has 4 rings (SSSR count). The van der Waals surface area contributed by atoms with Crippen molar-refractivity contribution >= 4 is 63.0 Å². The van der Waals surface area contributed by atoms with Crippen molar-refractivity contribution in [1.29, 1.82) is 5.41 Å². The Labute approximate surface area is 195 Å². The molecule has 0 atom stereocenters. The highest BCUT2D eigenvalue weighted by atomic mass is 35.5. The molecule has 0 bridgehead atoms. The summed E-state index contributed by atoms with van der Waals surface area (Å²) in [6.45, 7) is 8.10. The summed E-state index contributed by atoms with van der Waals surface area (Å²) in [5.41, 5.74) is 3.58. The number of hydrogen-bond acceptors (Lipinski definition) is 4. The number of hydrogen-bond donors (Lipinski definition) is 1. The van der Waals surface area contributed by atoms with Gasteiger partial charge < -0.3 is 4.57 Å². The molecular weight excluding hydrogens is 453 g/mol. The second-order valence-electron chi connectivity index (χ2n) is 7.87. The number of nitrogens with zero attached hydrogens (tertiary/aromatic N) is 4. The standard InChI is InChI=1S/C22H21Cl2N5OS/c1-11(2)7-19-27-29-20(25)16(21(30)26-22(29)31-19)9-14-8-12(3)28(13(14)4)18-10-15(23)5-6-17(18)24/h5-6,8-11,25H,7H2,1-4H3. The third kappa shape index (κ3) is 4.10. The Morgan fingerprint density at radius 2 is 1.97 bits per heavy atom. The van der Waals surface area contributed by atoms with Crippen LogP contribution in [0.3, 0.4) is 0 Å². The van der Waals surface area contributed by atoms with Crippen molar-refractivity contribution < 1.29 is 4.79 Å². The van der Waals surface area contributed by atoms with Gasteiger partial charge in [0.15, 0.2) is 5.84 Å². The highest BCUT2D eigenvalue weighted by Gasteiger charge is 2.35. The second kappa shape index (κ2) is 8.30. The lowest BCUT2D eigenvalue weighted by Crippen LogP contribution is -2.35. The molecule has 2 aliphatic heterocycles. The minimum atomic E-state index is -0.435. The summed E-state index contributed by atoms with van der Waals surface area (Å²) in [5, 5.41) is 17.0. The first-order valence-electron chi connectivity index (χ1n) is 9.79. The van der Waals surface area contributed by atoms with Crippen LogP contribution in [0.2, 0.25) is 10.0 Å². The molecule has 2 aliphatic rings. The van der Waals surface area contributed by atoms with E-state index in [2.05, 4.69) is 23.9 Å². The van der Waals surface area contributed by atoms with Crippen molar-refractivity contribution in [3.63, 3.8) is 0 Å². The van der Waals surface area contributed by atoms with E-state index >= 15 is 0 Å². The van der Waals surface area contributed by atoms with Gasteiger partial charge in [0.05, 0.1) is 16.3 Å². The van der Waals surface area contributed by atoms with Crippen LogP contribution < -0.4 is 0 Å². The Kier molecular flexibility index (Phi) is 5.85. The van der Waals surface area contributed by atoms with Crippen LogP contribution in [0.4, 0.5) is 0 Å². The molecule has 0 saturated carbocycles. The zero-order chi connectivity index (χ0) is 22.4. The van der Waals surface area contributed by atoms with E-state index in [4.69, 9.17) is 28.6 Å². The molecule has 160 valence electrons. The van der Waals surface area contributed by atoms with Crippen LogP contribution in [0.15, 0.2) is 39.9 Å². The van der Waals surface area contributed by atoms with Gasteiger partial charge in [-0.1, -0.05) is 37.0 Å². The van der Waals surface area contributed by atoms with Gasteiger partial charge in [0, 0.05) is 22.8 Å². The first-order chi connectivity index (χ1) is 14.7. The smallest absolute Gasteiger partial charge is 0.283 e. The molecule has 0 saturated heterocycles. The fraction of sp³-hybridized carbons (Fsp3) is 0.273. The van der Waals surface area contributed by atoms with Gasteiger partial charge in [0.1, 0.15) is 5.04 Å². The first kappa shape index (κ1) is 21.9. The fourth-order valence-electron chi connectivity index (χ4n) is 3.58. The first-order valence-corrected chi connectivity index (χ1v) is 11.4. The third-order valence-electron chi connectivity index (χ3n) is 5.00. The van der Waals surface area contributed by atoms with E-state index in [1.807, 2.05) is 24.5 Å². The van der Waals surface area contributed by atoms with Gasteiger partial charge >= 0.3 is 0 Å². The number of amidine groups is 2. The Bertz CT molecular complexity index is 1210. The Morgan fingerprint density at radius 3 is 2.68 bits per heavy atom. The summed E-state index contributed by atoms with van der Waals surface area (Å²) in [5.74, 6) is 0.0268. The number of halogens is 2. The third-order valence-corrected chi connectivity index (χ3v) is 6.48. The summed E-state index contributed by atoms with van der Waals surface area (Å²) >= 11 is 13.9. The lowest BCUT2D eigenvalue weighted by atomic mass is 10.1. The van der Waals surface area contributed by atoms with E-state index in [1.54, 1.807) is 24.3 Å². The number of nitrogens with one attached hydrogen (secondary N) is 1. The quantitative estimate of drug-likeness (QED) is 0.547. The van der Waals surface area contributed by atoms with Crippen LogP contribution >= 0.6 is 35.0 Å². The summed E-state index contributed by atoms with van der Waals surface area (Å²) in [7, 11) is 0. The number of rotatable bonds is 4. The number of carbonyl (C=O) groups is 1. The van der Waals surface area contributed by atoms with Gasteiger partial charge in [-0.25, -0.2) is 0 Å². The van der Waals surface area contributed by atoms with Crippen LogP contribution in [-0.2, 0) is 4.79 Å². The molecule has 9 heteroatoms. The minimum absolute atomic E-state index is 0.0341. The number of carbonyl (C=O) groups excluding carboxylic acids is 1. The van der Waals surface area contributed by atoms with Gasteiger partial charge in [-0.15, -0.1) is 0 Å². The average molecular weight is 474 g/mol. The zero-order valence-electron chi connectivity index (χ0n) is 17.5. The fourth-order valence-corrected chi connectivity index (χ4v) is 5.05. The second-order valence-corrected chi connectivity index (χ2v) is 9.75. The van der Waals surface area contributed by atoms with Crippen molar-refractivity contribution in [3.05, 3.63) is 56.8 Å². The van der Waals surface area contributed by atoms with Gasteiger partial charge in [-0.2, -0.15) is 15.1 Å². The summed E-state index contributed by atoms with van der Waals surface area (Å²) in [6, 6.07) is 7.25. The summed E-state index contributed by atoms with van der Waals surface area (Å²) in [6.07, 6.45) is 2.48. The molecule has 0 spiro atoms. The number of aliphatic imine (C=N–C) groups is 1. The lowest BCUT2D eigenvalue weighted by Gasteiger charge is -2.20. The van der Waals surface area contributed by atoms with Gasteiger partial charge in [0.25, 0.3) is 5.91 Å². The van der Waals surface area contributed by atoms with Gasteiger partial charge in [-0.3, -0.25) is 10.2 Å². The molecular formula is C22H21Cl2N5OS. The van der Waals surface area contributed by atoms with Gasteiger partial charge in [0.2, 0.25) is 5.17 Å². The van der Waals surface area contributed by atoms with E-state index in [0.717, 1.165) is 34.1 Å². The molecule has 3 heterocycles. The van der Waals surface area contributed by atoms with Crippen molar-refractivity contribution in [2.75, 3.05) is 0 Å². The molecule has 1 aromatic heterocycles. The topological polar surface area (TPSA) is 73.8 Å². The van der Waals surface area contributed by atoms with Crippen LogP contribution in [0.1, 0.15) is 37.2 Å². The maximum atomic E-state index is 12.7. The van der Waals surface area contributed by atoms with Crippen molar-refractivity contribution in [3.8, 4) is 5.69 Å². The predicted molar refractivity (Wildman–Crippen MR) is 130 cm³/mol. The Hall–Kier alpha value is -2.35. The van der Waals surface area contributed by atoms with E-state index in [9.17, 15) is 4.79 Å². The van der Waals surface area contributed by atoms with Gasteiger partial charge in [-0.05, 0) is 67.4 Å². The minimum Gasteiger partial charge on any atom is -0.316 e. The molecule has 6 nitrogen and oxygen atoms in total. The SMILES string of the molecule is Cc1cc(C=C2C(=N)N3N=C(CC(C)C)SC3=NC2=O)c(C)n1-c1cc(Cl)ccc1Cl. The van der Waals surface area contributed by atoms with Crippen molar-refractivity contribution in [2.45, 2.75) is 34.1 Å². The maximum absolute atomic E-state index is 12.7. The van der Waals surface area contributed by atoms with Crippen LogP contribution in [-0.4, -0.2) is 31.5 Å². The van der Waals surface area contributed by atoms with Crippen molar-refractivity contribution in [2.24, 2.45) is 16.0 Å². The average Bonchev–Trinajstić information content (AvgIpc) is 3.20. The number of thioether (sulfide) groups is 1. The molecule has 0 radical (unpaired) electrons. The zero-order valence-corrected chi connectivity index (χ0v) is 19.9. The molecule has 1 aromatic carbocycles. The monoisotopic (exact) mass is 473 g/mol. The molecule has 0 fully saturated rings. The van der Waals surface area contributed by atoms with Crippen LogP contribution in [0, 0.1) is 25.2 Å². The predicted octanol–water partition coefficient (Wildman–Crippen LogP) is 6.07. The summed E-state index contributed by atoms with van der Waals surface area (Å²) in [4.78, 5) is 16.9. The maximum Gasteiger partial charge on any atom is 0.283 e. The van der Waals surface area contributed by atoms with Crippen molar-refractivity contribution in [1.82, 2.24) is 9.58 Å². The number of benzene rings is 1.